The van der Waals surface area contributed by atoms with E-state index >= 15 is 0 Å². The second-order valence-electron chi connectivity index (χ2n) is 3.71. The molecule has 0 aliphatic carbocycles. The van der Waals surface area contributed by atoms with Gasteiger partial charge in [-0.15, -0.1) is 5.10 Å². The quantitative estimate of drug-likeness (QED) is 0.705. The molecule has 0 aliphatic heterocycles. The van der Waals surface area contributed by atoms with E-state index in [-0.39, 0.29) is 5.69 Å². The molecule has 2 aromatic heterocycles. The summed E-state index contributed by atoms with van der Waals surface area (Å²) >= 11 is 3.25. The van der Waals surface area contributed by atoms with Crippen LogP contribution in [0.3, 0.4) is 0 Å². The third kappa shape index (κ3) is 1.89. The molecular weight excluding hydrogens is 314 g/mol. The summed E-state index contributed by atoms with van der Waals surface area (Å²) in [4.78, 5) is 12.2. The highest BCUT2D eigenvalue weighted by Crippen LogP contribution is 2.14. The molecule has 0 atom stereocenters. The van der Waals surface area contributed by atoms with Crippen LogP contribution in [0.1, 0.15) is 0 Å². The maximum Gasteiger partial charge on any atom is 0.373 e. The Morgan fingerprint density at radius 3 is 2.68 bits per heavy atom. The van der Waals surface area contributed by atoms with Crippen molar-refractivity contribution in [3.05, 3.63) is 45.4 Å². The Bertz CT molecular complexity index is 793. The molecule has 0 bridgehead atoms. The molecule has 2 heterocycles. The number of fused-ring (bicyclic) bond motifs is 1. The Balaban J connectivity index is 2.19. The Kier molecular flexibility index (Phi) is 2.79. The van der Waals surface area contributed by atoms with Crippen LogP contribution in [-0.2, 0) is 0 Å². The van der Waals surface area contributed by atoms with Crippen LogP contribution in [0.15, 0.2) is 39.7 Å². The lowest BCUT2D eigenvalue weighted by atomic mass is 10.3. The van der Waals surface area contributed by atoms with E-state index < -0.39 is 0 Å². The van der Waals surface area contributed by atoms with Gasteiger partial charge in [0.2, 0.25) is 0 Å². The van der Waals surface area contributed by atoms with E-state index in [1.165, 1.54) is 15.4 Å². The molecule has 0 fully saturated rings. The average molecular weight is 322 g/mol. The number of methoxy groups -OCH3 is 1. The summed E-state index contributed by atoms with van der Waals surface area (Å²) in [5.74, 6) is 0.702. The van der Waals surface area contributed by atoms with Gasteiger partial charge >= 0.3 is 5.69 Å². The predicted molar refractivity (Wildman–Crippen MR) is 70.6 cm³/mol. The summed E-state index contributed by atoms with van der Waals surface area (Å²) in [6.07, 6.45) is 1.50. The highest BCUT2D eigenvalue weighted by atomic mass is 79.9. The highest BCUT2D eigenvalue weighted by Gasteiger charge is 2.10. The average Bonchev–Trinajstić information content (AvgIpc) is 2.82. The molecular formula is C11H8BrN5O2. The minimum atomic E-state index is -0.388. The Hall–Kier alpha value is -2.22. The van der Waals surface area contributed by atoms with Gasteiger partial charge in [0, 0.05) is 0 Å². The summed E-state index contributed by atoms with van der Waals surface area (Å²) < 4.78 is 8.04. The van der Waals surface area contributed by atoms with Gasteiger partial charge in [-0.1, -0.05) is 5.21 Å². The fourth-order valence-corrected chi connectivity index (χ4v) is 1.99. The molecule has 0 amide bonds. The first-order chi connectivity index (χ1) is 9.20. The third-order valence-electron chi connectivity index (χ3n) is 2.61. The van der Waals surface area contributed by atoms with Crippen molar-refractivity contribution in [2.45, 2.75) is 0 Å². The molecule has 19 heavy (non-hydrogen) atoms. The second kappa shape index (κ2) is 4.47. The summed E-state index contributed by atoms with van der Waals surface area (Å²) in [5, 5.41) is 11.8. The van der Waals surface area contributed by atoms with Gasteiger partial charge in [0.15, 0.2) is 5.65 Å². The van der Waals surface area contributed by atoms with E-state index in [0.29, 0.717) is 21.6 Å². The standard InChI is InChI=1S/C11H8BrN5O2/c1-19-8-4-2-7(3-5-8)16-11(18)17-10(14-15-16)9(12)6-13-17/h2-6H,1H3. The van der Waals surface area contributed by atoms with Crippen LogP contribution in [0, 0.1) is 0 Å². The summed E-state index contributed by atoms with van der Waals surface area (Å²) in [7, 11) is 1.58. The number of rotatable bonds is 2. The van der Waals surface area contributed by atoms with E-state index in [1.54, 1.807) is 31.4 Å². The van der Waals surface area contributed by atoms with Crippen LogP contribution in [0.5, 0.6) is 5.75 Å². The zero-order chi connectivity index (χ0) is 13.4. The second-order valence-corrected chi connectivity index (χ2v) is 4.56. The molecule has 0 N–H and O–H groups in total. The van der Waals surface area contributed by atoms with E-state index in [0.717, 1.165) is 0 Å². The third-order valence-corrected chi connectivity index (χ3v) is 3.17. The molecule has 0 saturated heterocycles. The molecule has 0 unspecified atom stereocenters. The van der Waals surface area contributed by atoms with Crippen LogP contribution >= 0.6 is 15.9 Å². The van der Waals surface area contributed by atoms with E-state index in [4.69, 9.17) is 4.74 Å². The van der Waals surface area contributed by atoms with Crippen molar-refractivity contribution in [2.75, 3.05) is 7.11 Å². The monoisotopic (exact) mass is 321 g/mol. The summed E-state index contributed by atoms with van der Waals surface area (Å²) in [6, 6.07) is 6.93. The van der Waals surface area contributed by atoms with Gasteiger partial charge in [-0.05, 0) is 40.2 Å². The van der Waals surface area contributed by atoms with Crippen molar-refractivity contribution < 1.29 is 4.74 Å². The van der Waals surface area contributed by atoms with Crippen molar-refractivity contribution in [1.29, 1.82) is 0 Å². The van der Waals surface area contributed by atoms with Crippen LogP contribution in [0.2, 0.25) is 0 Å². The first kappa shape index (κ1) is 11.8. The van der Waals surface area contributed by atoms with Crippen molar-refractivity contribution in [3.63, 3.8) is 0 Å². The Labute approximate surface area is 115 Å². The number of nitrogens with zero attached hydrogens (tertiary/aromatic N) is 5. The van der Waals surface area contributed by atoms with E-state index in [1.807, 2.05) is 0 Å². The van der Waals surface area contributed by atoms with Gasteiger partial charge in [0.1, 0.15) is 5.75 Å². The number of aromatic nitrogens is 5. The molecule has 3 rings (SSSR count). The van der Waals surface area contributed by atoms with Gasteiger partial charge in [-0.2, -0.15) is 14.3 Å². The van der Waals surface area contributed by atoms with Gasteiger partial charge in [-0.25, -0.2) is 4.79 Å². The molecule has 7 nitrogen and oxygen atoms in total. The normalized spacial score (nSPS) is 10.8. The molecule has 96 valence electrons. The van der Waals surface area contributed by atoms with E-state index in [9.17, 15) is 4.79 Å². The fourth-order valence-electron chi connectivity index (χ4n) is 1.65. The number of hydrogen-bond donors (Lipinski definition) is 0. The lowest BCUT2D eigenvalue weighted by Crippen LogP contribution is -2.29. The largest absolute Gasteiger partial charge is 0.497 e. The lowest BCUT2D eigenvalue weighted by Gasteiger charge is -2.04. The zero-order valence-corrected chi connectivity index (χ0v) is 11.4. The van der Waals surface area contributed by atoms with E-state index in [2.05, 4.69) is 31.3 Å². The van der Waals surface area contributed by atoms with Gasteiger partial charge in [0.05, 0.1) is 23.5 Å². The number of halogens is 1. The molecule has 1 aromatic carbocycles. The van der Waals surface area contributed by atoms with Crippen LogP contribution in [-0.4, -0.2) is 31.7 Å². The fraction of sp³-hybridized carbons (Fsp3) is 0.0909. The minimum Gasteiger partial charge on any atom is -0.497 e. The first-order valence-corrected chi connectivity index (χ1v) is 6.13. The summed E-state index contributed by atoms with van der Waals surface area (Å²) in [6.45, 7) is 0. The molecule has 0 aliphatic rings. The molecule has 3 aromatic rings. The van der Waals surface area contributed by atoms with Crippen molar-refractivity contribution in [1.82, 2.24) is 24.6 Å². The molecule has 0 spiro atoms. The highest BCUT2D eigenvalue weighted by molar-refractivity contribution is 9.10. The molecule has 0 saturated carbocycles. The SMILES string of the molecule is COc1ccc(-n2nnc3c(Br)cnn3c2=O)cc1. The topological polar surface area (TPSA) is 74.3 Å². The van der Waals surface area contributed by atoms with Gasteiger partial charge < -0.3 is 4.74 Å². The molecule has 0 radical (unpaired) electrons. The lowest BCUT2D eigenvalue weighted by molar-refractivity contribution is 0.414. The zero-order valence-electron chi connectivity index (χ0n) is 9.82. The Morgan fingerprint density at radius 2 is 2.00 bits per heavy atom. The van der Waals surface area contributed by atoms with Crippen LogP contribution < -0.4 is 10.4 Å². The van der Waals surface area contributed by atoms with Crippen molar-refractivity contribution >= 4 is 21.6 Å². The Morgan fingerprint density at radius 1 is 1.26 bits per heavy atom. The smallest absolute Gasteiger partial charge is 0.373 e. The maximum absolute atomic E-state index is 12.2. The predicted octanol–water partition coefficient (Wildman–Crippen LogP) is 1.05. The van der Waals surface area contributed by atoms with Crippen molar-refractivity contribution in [2.24, 2.45) is 0 Å². The van der Waals surface area contributed by atoms with Crippen LogP contribution in [0.4, 0.5) is 0 Å². The first-order valence-electron chi connectivity index (χ1n) is 5.34. The number of hydrogen-bond acceptors (Lipinski definition) is 5. The van der Waals surface area contributed by atoms with Crippen molar-refractivity contribution in [3.8, 4) is 11.4 Å². The van der Waals surface area contributed by atoms with Gasteiger partial charge in [-0.3, -0.25) is 0 Å². The molecule has 8 heteroatoms. The number of benzene rings is 1. The number of ether oxygens (including phenoxy) is 1. The minimum absolute atomic E-state index is 0.384. The summed E-state index contributed by atoms with van der Waals surface area (Å²) in [5.41, 5.74) is 0.586. The maximum atomic E-state index is 12.2. The van der Waals surface area contributed by atoms with Gasteiger partial charge in [0.25, 0.3) is 0 Å². The van der Waals surface area contributed by atoms with Crippen LogP contribution in [0.25, 0.3) is 11.3 Å².